The second kappa shape index (κ2) is 10.1. The number of nitrogens with one attached hydrogen (secondary N) is 3. The molecule has 0 unspecified atom stereocenters. The van der Waals surface area contributed by atoms with Crippen LogP contribution in [0.3, 0.4) is 0 Å². The molecule has 2 heterocycles. The smallest absolute Gasteiger partial charge is 0.258 e. The monoisotopic (exact) mass is 500 g/mol. The zero-order valence-electron chi connectivity index (χ0n) is 21.6. The molecule has 0 bridgehead atoms. The minimum Gasteiger partial charge on any atom is -0.492 e. The molecule has 37 heavy (non-hydrogen) atoms. The lowest BCUT2D eigenvalue weighted by Gasteiger charge is -2.20. The summed E-state index contributed by atoms with van der Waals surface area (Å²) in [7, 11) is 0. The number of benzene rings is 2. The van der Waals surface area contributed by atoms with E-state index in [-0.39, 0.29) is 18.1 Å². The molecular weight excluding hydrogens is 468 g/mol. The molecule has 3 N–H and O–H groups in total. The lowest BCUT2D eigenvalue weighted by molar-refractivity contribution is -0.124. The highest BCUT2D eigenvalue weighted by Crippen LogP contribution is 2.38. The first-order valence-electron chi connectivity index (χ1n) is 12.5. The Hall–Kier alpha value is -4.14. The van der Waals surface area contributed by atoms with Gasteiger partial charge in [-0.1, -0.05) is 18.2 Å². The van der Waals surface area contributed by atoms with Crippen LogP contribution in [0.25, 0.3) is 22.3 Å². The summed E-state index contributed by atoms with van der Waals surface area (Å²) in [5, 5.41) is 14.0. The van der Waals surface area contributed by atoms with E-state index in [0.29, 0.717) is 29.9 Å². The van der Waals surface area contributed by atoms with E-state index in [4.69, 9.17) is 19.4 Å². The van der Waals surface area contributed by atoms with Crippen molar-refractivity contribution in [2.24, 2.45) is 5.92 Å². The fourth-order valence-electron chi connectivity index (χ4n) is 3.97. The third kappa shape index (κ3) is 6.17. The third-order valence-electron chi connectivity index (χ3n) is 5.91. The van der Waals surface area contributed by atoms with E-state index >= 15 is 0 Å². The summed E-state index contributed by atoms with van der Waals surface area (Å²) in [6.45, 7) is 8.45. The molecule has 1 fully saturated rings. The van der Waals surface area contributed by atoms with E-state index in [1.165, 1.54) is 12.8 Å². The predicted octanol–water partition coefficient (Wildman–Crippen LogP) is 5.15. The van der Waals surface area contributed by atoms with Gasteiger partial charge in [0.1, 0.15) is 17.3 Å². The maximum atomic E-state index is 12.2. The van der Waals surface area contributed by atoms with E-state index in [1.54, 1.807) is 12.4 Å². The Labute approximate surface area is 216 Å². The fourth-order valence-corrected chi connectivity index (χ4v) is 3.97. The molecule has 1 aliphatic carbocycles. The number of ether oxygens (including phenoxy) is 2. The topological polar surface area (TPSA) is 114 Å². The maximum absolute atomic E-state index is 12.2. The minimum absolute atomic E-state index is 0.0758. The Balaban J connectivity index is 1.49. The lowest BCUT2D eigenvalue weighted by Crippen LogP contribution is -2.43. The van der Waals surface area contributed by atoms with Crippen molar-refractivity contribution in [3.05, 3.63) is 54.4 Å². The number of aryl methyl sites for hydroxylation is 1. The summed E-state index contributed by atoms with van der Waals surface area (Å²) in [4.78, 5) is 22.0. The molecule has 2 aromatic carbocycles. The first-order chi connectivity index (χ1) is 17.7. The summed E-state index contributed by atoms with van der Waals surface area (Å²) >= 11 is 0. The number of aromatic nitrogens is 4. The zero-order chi connectivity index (χ0) is 26.0. The van der Waals surface area contributed by atoms with Crippen LogP contribution >= 0.6 is 0 Å². The van der Waals surface area contributed by atoms with Crippen LogP contribution in [0.4, 0.5) is 11.5 Å². The number of amides is 1. The van der Waals surface area contributed by atoms with Crippen LogP contribution in [0.2, 0.25) is 0 Å². The molecule has 1 saturated carbocycles. The van der Waals surface area contributed by atoms with Gasteiger partial charge in [0.2, 0.25) is 0 Å². The molecule has 0 atom stereocenters. The van der Waals surface area contributed by atoms with E-state index in [1.807, 2.05) is 64.1 Å². The van der Waals surface area contributed by atoms with Crippen molar-refractivity contribution in [1.82, 2.24) is 25.5 Å². The largest absolute Gasteiger partial charge is 0.492 e. The highest BCUT2D eigenvalue weighted by molar-refractivity contribution is 5.98. The predicted molar refractivity (Wildman–Crippen MR) is 143 cm³/mol. The van der Waals surface area contributed by atoms with Crippen LogP contribution in [0.15, 0.2) is 48.8 Å². The van der Waals surface area contributed by atoms with Crippen LogP contribution in [-0.2, 0) is 4.79 Å². The molecule has 1 aliphatic rings. The Morgan fingerprint density at radius 1 is 1.14 bits per heavy atom. The van der Waals surface area contributed by atoms with Gasteiger partial charge in [-0.2, -0.15) is 5.10 Å². The molecule has 0 aliphatic heterocycles. The second-order valence-corrected chi connectivity index (χ2v) is 10.5. The molecule has 9 heteroatoms. The Morgan fingerprint density at radius 2 is 1.97 bits per heavy atom. The maximum Gasteiger partial charge on any atom is 0.258 e. The molecule has 4 aromatic rings. The Kier molecular flexibility index (Phi) is 6.69. The molecule has 0 spiro atoms. The molecule has 0 radical (unpaired) electrons. The van der Waals surface area contributed by atoms with Gasteiger partial charge in [-0.25, -0.2) is 9.97 Å². The highest BCUT2D eigenvalue weighted by Gasteiger charge is 2.24. The lowest BCUT2D eigenvalue weighted by atomic mass is 10.1. The van der Waals surface area contributed by atoms with Gasteiger partial charge in [0, 0.05) is 17.3 Å². The summed E-state index contributed by atoms with van der Waals surface area (Å²) in [5.41, 5.74) is 3.03. The number of hydrogen-bond acceptors (Lipinski definition) is 7. The number of H-pyrrole nitrogens is 1. The van der Waals surface area contributed by atoms with E-state index in [2.05, 4.69) is 20.8 Å². The quantitative estimate of drug-likeness (QED) is 0.291. The van der Waals surface area contributed by atoms with Gasteiger partial charge in [-0.15, -0.1) is 0 Å². The summed E-state index contributed by atoms with van der Waals surface area (Å²) < 4.78 is 12.0. The molecule has 9 nitrogen and oxygen atoms in total. The second-order valence-electron chi connectivity index (χ2n) is 10.5. The van der Waals surface area contributed by atoms with Crippen molar-refractivity contribution >= 4 is 28.3 Å². The van der Waals surface area contributed by atoms with E-state index in [0.717, 1.165) is 33.5 Å². The minimum atomic E-state index is -0.320. The third-order valence-corrected chi connectivity index (χ3v) is 5.91. The normalized spacial score (nSPS) is 13.4. The van der Waals surface area contributed by atoms with Gasteiger partial charge in [0.25, 0.3) is 5.91 Å². The van der Waals surface area contributed by atoms with Crippen molar-refractivity contribution in [1.29, 1.82) is 0 Å². The first-order valence-corrected chi connectivity index (χ1v) is 12.5. The van der Waals surface area contributed by atoms with E-state index in [9.17, 15) is 4.79 Å². The van der Waals surface area contributed by atoms with Crippen molar-refractivity contribution in [3.63, 3.8) is 0 Å². The van der Waals surface area contributed by atoms with Gasteiger partial charge in [-0.05, 0) is 70.2 Å². The number of carbonyl (C=O) groups is 1. The van der Waals surface area contributed by atoms with Crippen LogP contribution in [0.1, 0.15) is 39.2 Å². The van der Waals surface area contributed by atoms with Crippen LogP contribution in [-0.4, -0.2) is 44.8 Å². The Bertz CT molecular complexity index is 1410. The van der Waals surface area contributed by atoms with Crippen LogP contribution in [0.5, 0.6) is 11.5 Å². The fraction of sp³-hybridized carbons (Fsp3) is 0.357. The van der Waals surface area contributed by atoms with Gasteiger partial charge in [0.05, 0.1) is 29.4 Å². The van der Waals surface area contributed by atoms with Crippen LogP contribution in [0, 0.1) is 12.8 Å². The van der Waals surface area contributed by atoms with Gasteiger partial charge < -0.3 is 20.1 Å². The number of anilines is 2. The standard InChI is InChI=1S/C28H32N6O3/c1-17-8-11-22-24(25(17)37-15-18-9-10-18)27(31-20-13-29-30-14-20)33-26(32-22)19-6-5-7-21(12-19)36-16-23(35)34-28(2,3)4/h5-8,11-14,18H,9-10,15-16H2,1-4H3,(H,29,30)(H,34,35)(H,31,32,33). The van der Waals surface area contributed by atoms with Crippen molar-refractivity contribution < 1.29 is 14.3 Å². The van der Waals surface area contributed by atoms with Crippen LogP contribution < -0.4 is 20.1 Å². The molecule has 5 rings (SSSR count). The number of hydrogen-bond donors (Lipinski definition) is 3. The first kappa shape index (κ1) is 24.5. The number of carbonyl (C=O) groups excluding carboxylic acids is 1. The van der Waals surface area contributed by atoms with E-state index < -0.39 is 0 Å². The van der Waals surface area contributed by atoms with Gasteiger partial charge in [-0.3, -0.25) is 9.89 Å². The summed E-state index contributed by atoms with van der Waals surface area (Å²) in [6, 6.07) is 11.4. The average molecular weight is 501 g/mol. The number of rotatable bonds is 9. The summed E-state index contributed by atoms with van der Waals surface area (Å²) in [6.07, 6.45) is 5.89. The molecule has 1 amide bonds. The van der Waals surface area contributed by atoms with Gasteiger partial charge in [0.15, 0.2) is 12.4 Å². The molecule has 192 valence electrons. The average Bonchev–Trinajstić information content (AvgIpc) is 3.54. The SMILES string of the molecule is Cc1ccc2nc(-c3cccc(OCC(=O)NC(C)(C)C)c3)nc(Nc3cn[nH]c3)c2c1OCC1CC1. The number of aromatic amines is 1. The molecular formula is C28H32N6O3. The van der Waals surface area contributed by atoms with Gasteiger partial charge >= 0.3 is 0 Å². The van der Waals surface area contributed by atoms with Crippen molar-refractivity contribution in [2.45, 2.75) is 46.1 Å². The zero-order valence-corrected chi connectivity index (χ0v) is 21.6. The van der Waals surface area contributed by atoms with Crippen molar-refractivity contribution in [2.75, 3.05) is 18.5 Å². The number of nitrogens with zero attached hydrogens (tertiary/aromatic N) is 3. The molecule has 2 aromatic heterocycles. The Morgan fingerprint density at radius 3 is 2.70 bits per heavy atom. The number of fused-ring (bicyclic) bond motifs is 1. The molecule has 0 saturated heterocycles. The summed E-state index contributed by atoms with van der Waals surface area (Å²) in [5.74, 6) is 2.96. The highest BCUT2D eigenvalue weighted by atomic mass is 16.5. The van der Waals surface area contributed by atoms with Crippen molar-refractivity contribution in [3.8, 4) is 22.9 Å².